The number of amides is 2. The first-order valence-corrected chi connectivity index (χ1v) is 8.31. The molecule has 2 aromatic rings. The van der Waals surface area contributed by atoms with Crippen molar-refractivity contribution < 1.29 is 28.1 Å². The van der Waals surface area contributed by atoms with Crippen LogP contribution in [-0.4, -0.2) is 34.6 Å². The van der Waals surface area contributed by atoms with Crippen LogP contribution in [0.15, 0.2) is 41.1 Å². The molecule has 1 heterocycles. The van der Waals surface area contributed by atoms with Gasteiger partial charge in [-0.2, -0.15) is 0 Å². The predicted octanol–water partition coefficient (Wildman–Crippen LogP) is 1.97. The van der Waals surface area contributed by atoms with E-state index in [1.165, 1.54) is 35.9 Å². The van der Waals surface area contributed by atoms with Crippen LogP contribution >= 0.6 is 0 Å². The summed E-state index contributed by atoms with van der Waals surface area (Å²) in [5.74, 6) is 9.09. The number of hydroxylamine groups is 1. The van der Waals surface area contributed by atoms with Crippen molar-refractivity contribution in [3.05, 3.63) is 53.4 Å². The summed E-state index contributed by atoms with van der Waals surface area (Å²) in [5.41, 5.74) is 0.0852. The van der Waals surface area contributed by atoms with Crippen molar-refractivity contribution in [1.29, 1.82) is 0 Å². The Bertz CT molecular complexity index is 979. The Morgan fingerprint density at radius 2 is 1.79 bits per heavy atom. The predicted molar refractivity (Wildman–Crippen MR) is 97.7 cm³/mol. The molecule has 0 radical (unpaired) electrons. The zero-order valence-corrected chi connectivity index (χ0v) is 15.5. The quantitative estimate of drug-likeness (QED) is 0.404. The van der Waals surface area contributed by atoms with Crippen molar-refractivity contribution in [2.45, 2.75) is 26.3 Å². The summed E-state index contributed by atoms with van der Waals surface area (Å²) in [5, 5.41) is 14.5. The van der Waals surface area contributed by atoms with E-state index in [1.807, 2.05) is 0 Å². The average molecular weight is 401 g/mol. The number of benzene rings is 1. The fraction of sp³-hybridized carbons (Fsp3) is 0.250. The Kier molecular flexibility index (Phi) is 7.07. The Labute approximate surface area is 165 Å². The summed E-state index contributed by atoms with van der Waals surface area (Å²) < 4.78 is 31.3. The zero-order valence-electron chi connectivity index (χ0n) is 15.5. The fourth-order valence-electron chi connectivity index (χ4n) is 2.18. The molecular weight excluding hydrogens is 384 g/mol. The van der Waals surface area contributed by atoms with Gasteiger partial charge in [-0.15, -0.1) is 0 Å². The van der Waals surface area contributed by atoms with Crippen molar-refractivity contribution in [2.24, 2.45) is 5.41 Å². The van der Waals surface area contributed by atoms with E-state index in [4.69, 9.17) is 9.73 Å². The van der Waals surface area contributed by atoms with Crippen LogP contribution in [0, 0.1) is 29.1 Å². The highest BCUT2D eigenvalue weighted by molar-refractivity contribution is 5.97. The second-order valence-electron chi connectivity index (χ2n) is 6.46. The molecule has 0 fully saturated rings. The highest BCUT2D eigenvalue weighted by atomic mass is 19.3. The number of carbonyl (C=O) groups is 2. The first kappa shape index (κ1) is 21.6. The van der Waals surface area contributed by atoms with Crippen LogP contribution < -0.4 is 10.8 Å². The van der Waals surface area contributed by atoms with Gasteiger partial charge in [0.2, 0.25) is 12.2 Å². The number of hydrogen-bond donors (Lipinski definition) is 3. The molecule has 2 rings (SSSR count). The number of nitrogens with zero attached hydrogens (tertiary/aromatic N) is 1. The van der Waals surface area contributed by atoms with Crippen molar-refractivity contribution in [2.75, 3.05) is 0 Å². The third-order valence-corrected chi connectivity index (χ3v) is 3.99. The lowest BCUT2D eigenvalue weighted by molar-refractivity contribution is -0.137. The van der Waals surface area contributed by atoms with Crippen LogP contribution in [0.4, 0.5) is 8.78 Å². The van der Waals surface area contributed by atoms with Gasteiger partial charge < -0.3 is 9.84 Å². The second kappa shape index (κ2) is 9.49. The summed E-state index contributed by atoms with van der Waals surface area (Å²) in [6.45, 7) is 2.22. The van der Waals surface area contributed by atoms with Gasteiger partial charge in [0, 0.05) is 17.2 Å². The lowest BCUT2D eigenvalue weighted by Gasteiger charge is -2.32. The molecule has 3 N–H and O–H groups in total. The summed E-state index contributed by atoms with van der Waals surface area (Å²) >= 11 is 0. The first-order valence-electron chi connectivity index (χ1n) is 8.31. The third kappa shape index (κ3) is 5.64. The lowest BCUT2D eigenvalue weighted by atomic mass is 9.84. The maximum atomic E-state index is 13.3. The molecule has 0 aliphatic carbocycles. The van der Waals surface area contributed by atoms with Gasteiger partial charge in [-0.05, 0) is 42.0 Å². The van der Waals surface area contributed by atoms with E-state index >= 15 is 0 Å². The minimum atomic E-state index is -2.92. The van der Waals surface area contributed by atoms with Gasteiger partial charge in [0.25, 0.3) is 11.8 Å². The van der Waals surface area contributed by atoms with Crippen molar-refractivity contribution in [3.8, 4) is 23.7 Å². The van der Waals surface area contributed by atoms with Gasteiger partial charge in [0.1, 0.15) is 6.04 Å². The molecule has 7 nitrogen and oxygen atoms in total. The molecule has 0 saturated heterocycles. The summed E-state index contributed by atoms with van der Waals surface area (Å²) in [6.07, 6.45) is -1.46. The van der Waals surface area contributed by atoms with E-state index in [0.29, 0.717) is 11.3 Å². The average Bonchev–Trinajstić information content (AvgIpc) is 3.22. The Morgan fingerprint density at radius 1 is 1.14 bits per heavy atom. The van der Waals surface area contributed by atoms with E-state index in [2.05, 4.69) is 34.2 Å². The molecule has 150 valence electrons. The standard InChI is InChI=1S/C20H17F2N3O4/c1-20(2,19(21)22)16(18(27)25-28)24-17(26)14-9-7-13(8-10-14)5-3-4-6-15-11-12-23-29-15/h7-12,16,19,28H,1-2H3,(H,24,26)(H,25,27)/t16-/m1/s1. The number of nitrogens with one attached hydrogen (secondary N) is 2. The van der Waals surface area contributed by atoms with Gasteiger partial charge >= 0.3 is 0 Å². The second-order valence-corrected chi connectivity index (χ2v) is 6.46. The number of carbonyl (C=O) groups excluding carboxylic acids is 2. The highest BCUT2D eigenvalue weighted by Crippen LogP contribution is 2.29. The first-order chi connectivity index (χ1) is 13.8. The maximum Gasteiger partial charge on any atom is 0.266 e. The largest absolute Gasteiger partial charge is 0.348 e. The van der Waals surface area contributed by atoms with E-state index < -0.39 is 29.7 Å². The number of alkyl halides is 2. The van der Waals surface area contributed by atoms with Gasteiger partial charge in [0.15, 0.2) is 0 Å². The Balaban J connectivity index is 2.10. The lowest BCUT2D eigenvalue weighted by Crippen LogP contribution is -2.56. The molecule has 0 unspecified atom stereocenters. The summed E-state index contributed by atoms with van der Waals surface area (Å²) in [4.78, 5) is 24.1. The normalized spacial score (nSPS) is 11.5. The molecule has 1 aromatic carbocycles. The van der Waals surface area contributed by atoms with Crippen molar-refractivity contribution in [3.63, 3.8) is 0 Å². The number of aromatic nitrogens is 1. The van der Waals surface area contributed by atoms with Crippen LogP contribution in [0.3, 0.4) is 0 Å². The molecule has 0 bridgehead atoms. The van der Waals surface area contributed by atoms with E-state index in [0.717, 1.165) is 13.8 Å². The molecule has 9 heteroatoms. The van der Waals surface area contributed by atoms with Gasteiger partial charge in [-0.3, -0.25) is 14.8 Å². The van der Waals surface area contributed by atoms with Crippen molar-refractivity contribution >= 4 is 11.8 Å². The van der Waals surface area contributed by atoms with Crippen LogP contribution in [0.25, 0.3) is 0 Å². The minimum Gasteiger partial charge on any atom is -0.348 e. The molecular formula is C20H17F2N3O4. The monoisotopic (exact) mass is 401 g/mol. The SMILES string of the molecule is CC(C)(C(F)F)[C@H](NC(=O)c1ccc(C#CC#Cc2ccno2)cc1)C(=O)NO. The molecule has 0 aliphatic heterocycles. The van der Waals surface area contributed by atoms with E-state index in [9.17, 15) is 18.4 Å². The molecule has 0 spiro atoms. The number of hydrogen-bond acceptors (Lipinski definition) is 5. The van der Waals surface area contributed by atoms with Crippen LogP contribution in [-0.2, 0) is 4.79 Å². The van der Waals surface area contributed by atoms with Gasteiger partial charge in [-0.25, -0.2) is 14.3 Å². The fourth-order valence-corrected chi connectivity index (χ4v) is 2.18. The summed E-state index contributed by atoms with van der Waals surface area (Å²) in [7, 11) is 0. The molecule has 1 aromatic heterocycles. The molecule has 29 heavy (non-hydrogen) atoms. The Hall–Kier alpha value is -3.69. The van der Waals surface area contributed by atoms with Crippen LogP contribution in [0.5, 0.6) is 0 Å². The topological polar surface area (TPSA) is 104 Å². The minimum absolute atomic E-state index is 0.129. The molecule has 0 saturated carbocycles. The molecule has 2 amide bonds. The van der Waals surface area contributed by atoms with Gasteiger partial charge in [0.05, 0.1) is 11.6 Å². The van der Waals surface area contributed by atoms with Crippen LogP contribution in [0.2, 0.25) is 0 Å². The summed E-state index contributed by atoms with van der Waals surface area (Å²) in [6, 6.07) is 5.86. The van der Waals surface area contributed by atoms with Crippen molar-refractivity contribution in [1.82, 2.24) is 16.0 Å². The molecule has 0 aliphatic rings. The smallest absolute Gasteiger partial charge is 0.266 e. The Morgan fingerprint density at radius 3 is 2.34 bits per heavy atom. The molecule has 1 atom stereocenters. The van der Waals surface area contributed by atoms with Gasteiger partial charge in [-0.1, -0.05) is 24.9 Å². The third-order valence-electron chi connectivity index (χ3n) is 3.99. The zero-order chi connectivity index (χ0) is 21.4. The maximum absolute atomic E-state index is 13.3. The highest BCUT2D eigenvalue weighted by Gasteiger charge is 2.43. The van der Waals surface area contributed by atoms with E-state index in [1.54, 1.807) is 6.07 Å². The number of halogens is 2. The number of rotatable bonds is 5. The van der Waals surface area contributed by atoms with Crippen LogP contribution in [0.1, 0.15) is 35.5 Å². The van der Waals surface area contributed by atoms with E-state index in [-0.39, 0.29) is 5.56 Å².